The Balaban J connectivity index is 1.86. The first-order valence-electron chi connectivity index (χ1n) is 8.53. The molecule has 1 aromatic carbocycles. The fraction of sp³-hybridized carbons (Fsp3) is 0.444. The lowest BCUT2D eigenvalue weighted by Gasteiger charge is -2.27. The molecule has 2 atom stereocenters. The molecule has 0 spiro atoms. The van der Waals surface area contributed by atoms with Crippen molar-refractivity contribution in [2.45, 2.75) is 43.7 Å². The Morgan fingerprint density at radius 2 is 1.93 bits per heavy atom. The summed E-state index contributed by atoms with van der Waals surface area (Å²) < 4.78 is 66.8. The second-order valence-electron chi connectivity index (χ2n) is 6.48. The minimum absolute atomic E-state index is 0.0398. The number of halogens is 6. The molecule has 28 heavy (non-hydrogen) atoms. The predicted molar refractivity (Wildman–Crippen MR) is 97.9 cm³/mol. The number of thiazole rings is 1. The molecule has 3 rings (SSSR count). The number of hydrogen-bond acceptors (Lipinski definition) is 3. The van der Waals surface area contributed by atoms with E-state index in [9.17, 15) is 26.7 Å². The van der Waals surface area contributed by atoms with E-state index in [-0.39, 0.29) is 35.1 Å². The van der Waals surface area contributed by atoms with Crippen LogP contribution in [0.15, 0.2) is 24.3 Å². The minimum atomic E-state index is -4.51. The molecule has 1 saturated carbocycles. The molecule has 3 nitrogen and oxygen atoms in total. The van der Waals surface area contributed by atoms with Crippen LogP contribution in [0.4, 0.5) is 27.1 Å². The molecule has 1 aliphatic carbocycles. The largest absolute Gasteiger partial charge is 0.416 e. The molecule has 152 valence electrons. The summed E-state index contributed by atoms with van der Waals surface area (Å²) in [5.74, 6) is -2.35. The number of benzene rings is 1. The number of aromatic nitrogens is 1. The Bertz CT molecular complexity index is 847. The Kier molecular flexibility index (Phi) is 6.24. The summed E-state index contributed by atoms with van der Waals surface area (Å²) in [6.07, 6.45) is -7.08. The lowest BCUT2D eigenvalue weighted by Crippen LogP contribution is -2.40. The maximum Gasteiger partial charge on any atom is 0.416 e. The topological polar surface area (TPSA) is 42.0 Å². The van der Waals surface area contributed by atoms with E-state index in [1.54, 1.807) is 0 Å². The van der Waals surface area contributed by atoms with Gasteiger partial charge >= 0.3 is 6.18 Å². The highest BCUT2D eigenvalue weighted by Crippen LogP contribution is 2.38. The second kappa shape index (κ2) is 8.32. The van der Waals surface area contributed by atoms with Crippen molar-refractivity contribution in [3.05, 3.63) is 35.5 Å². The molecule has 2 aromatic rings. The third-order valence-electron chi connectivity index (χ3n) is 4.55. The second-order valence-corrected chi connectivity index (χ2v) is 7.75. The number of rotatable bonds is 4. The van der Waals surface area contributed by atoms with Gasteiger partial charge in [-0.25, -0.2) is 13.8 Å². The molecule has 1 fully saturated rings. The first-order valence-corrected chi connectivity index (χ1v) is 9.88. The van der Waals surface area contributed by atoms with Crippen molar-refractivity contribution >= 4 is 34.0 Å². The summed E-state index contributed by atoms with van der Waals surface area (Å²) in [5, 5.41) is 2.43. The van der Waals surface area contributed by atoms with Gasteiger partial charge in [0.2, 0.25) is 5.91 Å². The first-order chi connectivity index (χ1) is 13.2. The molecule has 0 radical (unpaired) electrons. The van der Waals surface area contributed by atoms with E-state index in [4.69, 9.17) is 11.6 Å². The Morgan fingerprint density at radius 3 is 2.54 bits per heavy atom. The van der Waals surface area contributed by atoms with Gasteiger partial charge in [0.15, 0.2) is 5.13 Å². The molecule has 0 bridgehead atoms. The predicted octanol–water partition coefficient (Wildman–Crippen LogP) is 5.98. The molecule has 1 amide bonds. The van der Waals surface area contributed by atoms with Crippen molar-refractivity contribution in [1.29, 1.82) is 0 Å². The molecule has 1 aromatic heterocycles. The van der Waals surface area contributed by atoms with E-state index in [1.807, 2.05) is 0 Å². The molecule has 1 N–H and O–H groups in total. The van der Waals surface area contributed by atoms with Gasteiger partial charge in [0, 0.05) is 0 Å². The number of carbonyl (C=O) groups is 1. The monoisotopic (exact) mass is 438 g/mol. The number of hydrogen-bond donors (Lipinski definition) is 1. The summed E-state index contributed by atoms with van der Waals surface area (Å²) in [5.41, 5.74) is -0.307. The van der Waals surface area contributed by atoms with Gasteiger partial charge in [0.1, 0.15) is 18.3 Å². The van der Waals surface area contributed by atoms with Crippen molar-refractivity contribution in [2.24, 2.45) is 5.92 Å². The summed E-state index contributed by atoms with van der Waals surface area (Å²) >= 11 is 6.76. The van der Waals surface area contributed by atoms with Crippen LogP contribution in [0.25, 0.3) is 10.4 Å². The summed E-state index contributed by atoms with van der Waals surface area (Å²) in [6, 6.07) is 4.64. The Morgan fingerprint density at radius 1 is 1.25 bits per heavy atom. The van der Waals surface area contributed by atoms with Gasteiger partial charge in [0.25, 0.3) is 0 Å². The van der Waals surface area contributed by atoms with Crippen molar-refractivity contribution in [1.82, 2.24) is 4.98 Å². The Hall–Kier alpha value is -1.74. The van der Waals surface area contributed by atoms with Crippen LogP contribution in [0.3, 0.4) is 0 Å². The average Bonchev–Trinajstić information content (AvgIpc) is 3.04. The highest BCUT2D eigenvalue weighted by atomic mass is 35.5. The third kappa shape index (κ3) is 4.46. The summed E-state index contributed by atoms with van der Waals surface area (Å²) in [4.78, 5) is 16.8. The normalized spacial score (nSPS) is 22.9. The Labute approximate surface area is 166 Å². The summed E-state index contributed by atoms with van der Waals surface area (Å²) in [7, 11) is 0. The SMILES string of the molecule is O=C(Nc1nc(CCl)c(-c2cccc(C(F)(F)F)c2)s1)C1C(F)CCCC1F. The van der Waals surface area contributed by atoms with Crippen LogP contribution in [0.5, 0.6) is 0 Å². The van der Waals surface area contributed by atoms with E-state index in [2.05, 4.69) is 10.3 Å². The highest BCUT2D eigenvalue weighted by molar-refractivity contribution is 7.19. The van der Waals surface area contributed by atoms with E-state index >= 15 is 0 Å². The van der Waals surface area contributed by atoms with Gasteiger partial charge in [-0.15, -0.1) is 11.6 Å². The molecular formula is C18H16ClF5N2OS. The highest BCUT2D eigenvalue weighted by Gasteiger charge is 2.39. The van der Waals surface area contributed by atoms with Crippen molar-refractivity contribution in [3.63, 3.8) is 0 Å². The summed E-state index contributed by atoms with van der Waals surface area (Å²) in [6.45, 7) is 0. The molecule has 10 heteroatoms. The maximum atomic E-state index is 14.0. The maximum absolute atomic E-state index is 14.0. The molecule has 1 heterocycles. The van der Waals surface area contributed by atoms with E-state index in [0.717, 1.165) is 23.5 Å². The van der Waals surface area contributed by atoms with Gasteiger partial charge in [-0.3, -0.25) is 4.79 Å². The van der Waals surface area contributed by atoms with Gasteiger partial charge < -0.3 is 5.32 Å². The van der Waals surface area contributed by atoms with Crippen molar-refractivity contribution in [2.75, 3.05) is 5.32 Å². The van der Waals surface area contributed by atoms with Crippen LogP contribution in [0, 0.1) is 5.92 Å². The zero-order chi connectivity index (χ0) is 20.5. The van der Waals surface area contributed by atoms with Crippen molar-refractivity contribution < 1.29 is 26.7 Å². The van der Waals surface area contributed by atoms with Gasteiger partial charge in [-0.1, -0.05) is 23.5 Å². The van der Waals surface area contributed by atoms with E-state index < -0.39 is 35.9 Å². The quantitative estimate of drug-likeness (QED) is 0.471. The number of nitrogens with zero attached hydrogens (tertiary/aromatic N) is 1. The lowest BCUT2D eigenvalue weighted by atomic mass is 9.85. The molecule has 2 unspecified atom stereocenters. The van der Waals surface area contributed by atoms with Crippen LogP contribution in [0.2, 0.25) is 0 Å². The molecular weight excluding hydrogens is 423 g/mol. The fourth-order valence-electron chi connectivity index (χ4n) is 3.17. The standard InChI is InChI=1S/C18H16ClF5N2OS/c19-8-13-15(9-3-1-4-10(7-9)18(22,23)24)28-17(25-13)26-16(27)14-11(20)5-2-6-12(14)21/h1,3-4,7,11-12,14H,2,5-6,8H2,(H,25,26,27). The van der Waals surface area contributed by atoms with Gasteiger partial charge in [0.05, 0.1) is 22.0 Å². The van der Waals surface area contributed by atoms with Crippen LogP contribution in [-0.4, -0.2) is 23.2 Å². The van der Waals surface area contributed by atoms with Crippen LogP contribution < -0.4 is 5.32 Å². The third-order valence-corrected chi connectivity index (χ3v) is 5.86. The number of nitrogens with one attached hydrogen (secondary N) is 1. The van der Waals surface area contributed by atoms with Crippen LogP contribution in [-0.2, 0) is 16.9 Å². The van der Waals surface area contributed by atoms with Crippen LogP contribution >= 0.6 is 22.9 Å². The molecule has 0 aliphatic heterocycles. The average molecular weight is 439 g/mol. The molecule has 1 aliphatic rings. The zero-order valence-electron chi connectivity index (χ0n) is 14.4. The number of carbonyl (C=O) groups excluding carboxylic acids is 1. The van der Waals surface area contributed by atoms with E-state index in [1.165, 1.54) is 12.1 Å². The first kappa shape index (κ1) is 21.0. The zero-order valence-corrected chi connectivity index (χ0v) is 16.0. The van der Waals surface area contributed by atoms with Crippen LogP contribution in [0.1, 0.15) is 30.5 Å². The van der Waals surface area contributed by atoms with Crippen molar-refractivity contribution in [3.8, 4) is 10.4 Å². The number of amides is 1. The smallest absolute Gasteiger partial charge is 0.302 e. The van der Waals surface area contributed by atoms with Gasteiger partial charge in [-0.2, -0.15) is 13.2 Å². The lowest BCUT2D eigenvalue weighted by molar-refractivity contribution is -0.137. The van der Waals surface area contributed by atoms with Gasteiger partial charge in [-0.05, 0) is 37.0 Å². The van der Waals surface area contributed by atoms with E-state index in [0.29, 0.717) is 11.3 Å². The fourth-order valence-corrected chi connectivity index (χ4v) is 4.42. The number of anilines is 1. The molecule has 0 saturated heterocycles. The minimum Gasteiger partial charge on any atom is -0.302 e. The number of alkyl halides is 6.